The molecule has 0 saturated carbocycles. The van der Waals surface area contributed by atoms with Crippen LogP contribution in [0.25, 0.3) is 0 Å². The molecule has 3 unspecified atom stereocenters. The molecule has 0 aromatic carbocycles. The van der Waals surface area contributed by atoms with E-state index in [1.807, 2.05) is 20.8 Å². The Hall–Kier alpha value is -0.160. The van der Waals surface area contributed by atoms with Crippen LogP contribution in [-0.2, 0) is 14.2 Å². The number of hydrogen-bond acceptors (Lipinski definition) is 4. The van der Waals surface area contributed by atoms with Gasteiger partial charge in [-0.25, -0.2) is 0 Å². The van der Waals surface area contributed by atoms with Gasteiger partial charge >= 0.3 is 0 Å². The molecule has 0 aliphatic heterocycles. The highest BCUT2D eigenvalue weighted by atomic mass is 16.6. The average molecular weight is 261 g/mol. The van der Waals surface area contributed by atoms with Crippen molar-refractivity contribution in [3.63, 3.8) is 0 Å². The van der Waals surface area contributed by atoms with Gasteiger partial charge in [0.15, 0.2) is 0 Å². The summed E-state index contributed by atoms with van der Waals surface area (Å²) in [6, 6.07) is 0.0757. The number of nitrogens with two attached hydrogens (primary N) is 1. The molecule has 2 N–H and O–H groups in total. The highest BCUT2D eigenvalue weighted by Gasteiger charge is 2.08. The predicted molar refractivity (Wildman–Crippen MR) is 74.8 cm³/mol. The molecular formula is C14H31NO3. The van der Waals surface area contributed by atoms with Gasteiger partial charge in [-0.2, -0.15) is 0 Å². The molecule has 0 aromatic rings. The zero-order valence-electron chi connectivity index (χ0n) is 12.5. The highest BCUT2D eigenvalue weighted by molar-refractivity contribution is 4.55. The van der Waals surface area contributed by atoms with Gasteiger partial charge in [0.25, 0.3) is 0 Å². The van der Waals surface area contributed by atoms with Crippen molar-refractivity contribution in [1.29, 1.82) is 0 Å². The smallest absolute Gasteiger partial charge is 0.0781 e. The SMILES string of the molecule is CCCCCOCC(C)OCC(C)OCC(C)N. The Kier molecular flexibility index (Phi) is 11.8. The van der Waals surface area contributed by atoms with Crippen LogP contribution >= 0.6 is 0 Å². The van der Waals surface area contributed by atoms with Crippen molar-refractivity contribution >= 4 is 0 Å². The van der Waals surface area contributed by atoms with Gasteiger partial charge in [0.05, 0.1) is 32.0 Å². The molecular weight excluding hydrogens is 230 g/mol. The minimum Gasteiger partial charge on any atom is -0.379 e. The van der Waals surface area contributed by atoms with Gasteiger partial charge in [-0.1, -0.05) is 19.8 Å². The summed E-state index contributed by atoms with van der Waals surface area (Å²) < 4.78 is 16.7. The molecule has 110 valence electrons. The van der Waals surface area contributed by atoms with Crippen molar-refractivity contribution in [3.8, 4) is 0 Å². The van der Waals surface area contributed by atoms with E-state index < -0.39 is 0 Å². The van der Waals surface area contributed by atoms with Crippen LogP contribution in [0.15, 0.2) is 0 Å². The summed E-state index contributed by atoms with van der Waals surface area (Å²) in [6.07, 6.45) is 3.80. The van der Waals surface area contributed by atoms with Crippen molar-refractivity contribution in [2.24, 2.45) is 5.73 Å². The van der Waals surface area contributed by atoms with E-state index in [1.165, 1.54) is 12.8 Å². The molecule has 0 aromatic heterocycles. The van der Waals surface area contributed by atoms with Gasteiger partial charge in [0.1, 0.15) is 0 Å². The Morgan fingerprint density at radius 2 is 1.50 bits per heavy atom. The van der Waals surface area contributed by atoms with Gasteiger partial charge in [0, 0.05) is 12.6 Å². The molecule has 0 radical (unpaired) electrons. The molecule has 4 heteroatoms. The van der Waals surface area contributed by atoms with Gasteiger partial charge in [-0.15, -0.1) is 0 Å². The van der Waals surface area contributed by atoms with Crippen LogP contribution in [0, 0.1) is 0 Å². The fourth-order valence-electron chi connectivity index (χ4n) is 1.42. The van der Waals surface area contributed by atoms with Crippen molar-refractivity contribution in [2.75, 3.05) is 26.4 Å². The second-order valence-electron chi connectivity index (χ2n) is 5.05. The van der Waals surface area contributed by atoms with Crippen LogP contribution in [-0.4, -0.2) is 44.7 Å². The maximum absolute atomic E-state index is 5.65. The van der Waals surface area contributed by atoms with Crippen molar-refractivity contribution in [1.82, 2.24) is 0 Å². The number of hydrogen-bond donors (Lipinski definition) is 1. The van der Waals surface area contributed by atoms with Crippen LogP contribution in [0.4, 0.5) is 0 Å². The molecule has 0 rings (SSSR count). The van der Waals surface area contributed by atoms with Crippen molar-refractivity contribution in [3.05, 3.63) is 0 Å². The molecule has 18 heavy (non-hydrogen) atoms. The number of ether oxygens (including phenoxy) is 3. The summed E-state index contributed by atoms with van der Waals surface area (Å²) >= 11 is 0. The predicted octanol–water partition coefficient (Wildman–Crippen LogP) is 2.35. The molecule has 4 nitrogen and oxygen atoms in total. The zero-order valence-corrected chi connectivity index (χ0v) is 12.5. The largest absolute Gasteiger partial charge is 0.379 e. The summed E-state index contributed by atoms with van der Waals surface area (Å²) in [6.45, 7) is 10.8. The topological polar surface area (TPSA) is 53.7 Å². The van der Waals surface area contributed by atoms with Gasteiger partial charge in [-0.05, 0) is 27.2 Å². The van der Waals surface area contributed by atoms with Crippen LogP contribution in [0.5, 0.6) is 0 Å². The van der Waals surface area contributed by atoms with Crippen LogP contribution in [0.2, 0.25) is 0 Å². The highest BCUT2D eigenvalue weighted by Crippen LogP contribution is 2.00. The Morgan fingerprint density at radius 1 is 0.889 bits per heavy atom. The molecule has 0 fully saturated rings. The third-order valence-corrected chi connectivity index (χ3v) is 2.50. The first-order valence-electron chi connectivity index (χ1n) is 7.12. The maximum atomic E-state index is 5.65. The summed E-state index contributed by atoms with van der Waals surface area (Å²) in [5.74, 6) is 0. The first-order chi connectivity index (χ1) is 8.56. The lowest BCUT2D eigenvalue weighted by atomic mass is 10.3. The summed E-state index contributed by atoms with van der Waals surface area (Å²) in [4.78, 5) is 0. The lowest BCUT2D eigenvalue weighted by Crippen LogP contribution is -2.28. The standard InChI is InChI=1S/C14H31NO3/c1-5-6-7-8-16-10-13(3)18-11-14(4)17-9-12(2)15/h12-14H,5-11,15H2,1-4H3. The lowest BCUT2D eigenvalue weighted by molar-refractivity contribution is -0.0586. The van der Waals surface area contributed by atoms with Gasteiger partial charge in [0.2, 0.25) is 0 Å². The minimum atomic E-state index is 0.0757. The Balaban J connectivity index is 3.37. The second-order valence-corrected chi connectivity index (χ2v) is 5.05. The Bertz CT molecular complexity index is 176. The summed E-state index contributed by atoms with van der Waals surface area (Å²) in [5.41, 5.74) is 5.62. The van der Waals surface area contributed by atoms with Crippen LogP contribution in [0.3, 0.4) is 0 Å². The van der Waals surface area contributed by atoms with E-state index in [-0.39, 0.29) is 18.2 Å². The second kappa shape index (κ2) is 11.9. The minimum absolute atomic E-state index is 0.0757. The number of unbranched alkanes of at least 4 members (excludes halogenated alkanes) is 2. The monoisotopic (exact) mass is 261 g/mol. The molecule has 0 amide bonds. The fraction of sp³-hybridized carbons (Fsp3) is 1.00. The quantitative estimate of drug-likeness (QED) is 0.548. The molecule has 0 saturated heterocycles. The molecule has 3 atom stereocenters. The van der Waals surface area contributed by atoms with E-state index in [9.17, 15) is 0 Å². The Morgan fingerprint density at radius 3 is 2.11 bits per heavy atom. The van der Waals surface area contributed by atoms with E-state index in [0.717, 1.165) is 13.0 Å². The summed E-state index contributed by atoms with van der Waals surface area (Å²) in [5, 5.41) is 0. The van der Waals surface area contributed by atoms with Crippen LogP contribution in [0.1, 0.15) is 47.0 Å². The fourth-order valence-corrected chi connectivity index (χ4v) is 1.42. The molecule has 0 heterocycles. The number of rotatable bonds is 12. The molecule has 0 aliphatic carbocycles. The third-order valence-electron chi connectivity index (χ3n) is 2.50. The van der Waals surface area contributed by atoms with Crippen molar-refractivity contribution in [2.45, 2.75) is 65.2 Å². The van der Waals surface area contributed by atoms with E-state index >= 15 is 0 Å². The lowest BCUT2D eigenvalue weighted by Gasteiger charge is -2.18. The van der Waals surface area contributed by atoms with Gasteiger partial charge in [-0.3, -0.25) is 0 Å². The summed E-state index contributed by atoms with van der Waals surface area (Å²) in [7, 11) is 0. The maximum Gasteiger partial charge on any atom is 0.0781 e. The van der Waals surface area contributed by atoms with Gasteiger partial charge < -0.3 is 19.9 Å². The zero-order chi connectivity index (χ0) is 13.8. The normalized spacial score (nSPS) is 16.5. The van der Waals surface area contributed by atoms with E-state index in [4.69, 9.17) is 19.9 Å². The molecule has 0 spiro atoms. The molecule has 0 bridgehead atoms. The van der Waals surface area contributed by atoms with Crippen molar-refractivity contribution < 1.29 is 14.2 Å². The van der Waals surface area contributed by atoms with E-state index in [2.05, 4.69) is 6.92 Å². The first kappa shape index (κ1) is 17.8. The molecule has 0 aliphatic rings. The first-order valence-corrected chi connectivity index (χ1v) is 7.12. The third kappa shape index (κ3) is 12.3. The average Bonchev–Trinajstić information content (AvgIpc) is 2.33. The van der Waals surface area contributed by atoms with E-state index in [0.29, 0.717) is 19.8 Å². The Labute approximate surface area is 112 Å². The van der Waals surface area contributed by atoms with E-state index in [1.54, 1.807) is 0 Å². The van der Waals surface area contributed by atoms with Crippen LogP contribution < -0.4 is 5.73 Å².